The van der Waals surface area contributed by atoms with Gasteiger partial charge in [0.05, 0.1) is 11.8 Å². The van der Waals surface area contributed by atoms with Gasteiger partial charge in [-0.2, -0.15) is 5.10 Å². The second kappa shape index (κ2) is 9.25. The molecule has 1 aliphatic rings. The first-order chi connectivity index (χ1) is 16.2. The van der Waals surface area contributed by atoms with E-state index in [1.54, 1.807) is 6.20 Å². The van der Waals surface area contributed by atoms with E-state index in [1.807, 2.05) is 66.0 Å². The van der Waals surface area contributed by atoms with E-state index in [2.05, 4.69) is 30.0 Å². The molecule has 9 nitrogen and oxygen atoms in total. The summed E-state index contributed by atoms with van der Waals surface area (Å²) in [6.45, 7) is 4.95. The number of fused-ring (bicyclic) bond motifs is 1. The summed E-state index contributed by atoms with van der Waals surface area (Å²) < 4.78 is 2.07. The summed E-state index contributed by atoms with van der Waals surface area (Å²) in [5.41, 5.74) is 2.72. The third kappa shape index (κ3) is 4.63. The Bertz CT molecular complexity index is 1240. The van der Waals surface area contributed by atoms with E-state index >= 15 is 0 Å². The highest BCUT2D eigenvalue weighted by Crippen LogP contribution is 2.21. The fraction of sp³-hybridized carbons (Fsp3) is 0.250. The van der Waals surface area contributed by atoms with Crippen molar-refractivity contribution in [3.8, 4) is 0 Å². The summed E-state index contributed by atoms with van der Waals surface area (Å²) in [6, 6.07) is 15.1. The number of imidazole rings is 1. The van der Waals surface area contributed by atoms with Crippen LogP contribution in [-0.2, 0) is 6.54 Å². The van der Waals surface area contributed by atoms with Crippen molar-refractivity contribution in [2.45, 2.75) is 6.54 Å². The molecule has 2 aromatic heterocycles. The Balaban J connectivity index is 1.24. The first-order valence-electron chi connectivity index (χ1n) is 11.0. The maximum Gasteiger partial charge on any atom is 0.253 e. The van der Waals surface area contributed by atoms with Gasteiger partial charge in [0.15, 0.2) is 5.84 Å². The van der Waals surface area contributed by atoms with E-state index in [0.29, 0.717) is 24.3 Å². The maximum absolute atomic E-state index is 13.2. The van der Waals surface area contributed by atoms with Crippen LogP contribution in [0.25, 0.3) is 10.9 Å². The van der Waals surface area contributed by atoms with E-state index in [-0.39, 0.29) is 11.7 Å². The number of aromatic amines is 1. The maximum atomic E-state index is 13.2. The average Bonchev–Trinajstić information content (AvgIpc) is 3.53. The molecule has 0 unspecified atom stereocenters. The van der Waals surface area contributed by atoms with Gasteiger partial charge in [-0.05, 0) is 30.3 Å². The molecule has 9 heteroatoms. The van der Waals surface area contributed by atoms with Crippen LogP contribution in [0.1, 0.15) is 16.1 Å². The van der Waals surface area contributed by atoms with Gasteiger partial charge >= 0.3 is 0 Å². The number of anilines is 1. The number of nitrogens with zero attached hydrogens (tertiary/aromatic N) is 5. The lowest BCUT2D eigenvalue weighted by molar-refractivity contribution is 0.0633. The van der Waals surface area contributed by atoms with Crippen molar-refractivity contribution in [1.29, 1.82) is 5.41 Å². The van der Waals surface area contributed by atoms with Crippen LogP contribution in [0.2, 0.25) is 0 Å². The van der Waals surface area contributed by atoms with Crippen molar-refractivity contribution >= 4 is 28.3 Å². The van der Waals surface area contributed by atoms with Gasteiger partial charge in [-0.25, -0.2) is 4.98 Å². The molecule has 1 fully saturated rings. The average molecular weight is 443 g/mol. The normalized spacial score (nSPS) is 14.5. The Labute approximate surface area is 191 Å². The minimum atomic E-state index is 0.0147. The van der Waals surface area contributed by atoms with Crippen LogP contribution in [0.3, 0.4) is 0 Å². The summed E-state index contributed by atoms with van der Waals surface area (Å²) in [5, 5.41) is 19.5. The predicted molar refractivity (Wildman–Crippen MR) is 128 cm³/mol. The number of aromatic nitrogens is 4. The third-order valence-corrected chi connectivity index (χ3v) is 5.98. The number of benzene rings is 2. The van der Waals surface area contributed by atoms with Crippen molar-refractivity contribution in [3.63, 3.8) is 0 Å². The molecule has 3 heterocycles. The number of hydrogen-bond donors (Lipinski definition) is 3. The Kier molecular flexibility index (Phi) is 5.86. The fourth-order valence-corrected chi connectivity index (χ4v) is 4.10. The van der Waals surface area contributed by atoms with Crippen LogP contribution < -0.4 is 5.32 Å². The number of rotatable bonds is 6. The molecule has 0 radical (unpaired) electrons. The first-order valence-corrected chi connectivity index (χ1v) is 11.0. The lowest BCUT2D eigenvalue weighted by Crippen LogP contribution is -2.49. The number of carbonyl (C=O) groups is 1. The molecule has 0 aliphatic carbocycles. The molecule has 4 aromatic rings. The second-order valence-corrected chi connectivity index (χ2v) is 8.13. The number of nitrogens with one attached hydrogen (secondary N) is 3. The standard InChI is InChI=1S/C24H26N8O/c25-23(27-19-4-2-1-3-5-19)22-20-16-18(6-7-21(20)28-29-22)24(33)32-14-12-30(13-15-32)10-11-31-9-8-26-17-31/h1-9,16-17H,10-15H2,(H2,25,27)(H,28,29). The second-order valence-electron chi connectivity index (χ2n) is 8.13. The minimum Gasteiger partial charge on any atom is -0.339 e. The minimum absolute atomic E-state index is 0.0147. The lowest BCUT2D eigenvalue weighted by Gasteiger charge is -2.34. The number of amides is 1. The van der Waals surface area contributed by atoms with E-state index < -0.39 is 0 Å². The first kappa shape index (κ1) is 20.9. The molecule has 1 amide bonds. The van der Waals surface area contributed by atoms with E-state index in [1.165, 1.54) is 0 Å². The molecule has 0 spiro atoms. The van der Waals surface area contributed by atoms with Crippen molar-refractivity contribution in [2.75, 3.05) is 38.0 Å². The van der Waals surface area contributed by atoms with Gasteiger partial charge in [-0.15, -0.1) is 0 Å². The van der Waals surface area contributed by atoms with Gasteiger partial charge in [0.25, 0.3) is 5.91 Å². The van der Waals surface area contributed by atoms with Crippen molar-refractivity contribution < 1.29 is 4.79 Å². The molecular formula is C24H26N8O. The molecule has 1 aliphatic heterocycles. The summed E-state index contributed by atoms with van der Waals surface area (Å²) in [6.07, 6.45) is 5.59. The smallest absolute Gasteiger partial charge is 0.253 e. The van der Waals surface area contributed by atoms with Crippen molar-refractivity contribution in [2.24, 2.45) is 0 Å². The van der Waals surface area contributed by atoms with Crippen molar-refractivity contribution in [3.05, 3.63) is 78.5 Å². The van der Waals surface area contributed by atoms with Crippen LogP contribution >= 0.6 is 0 Å². The van der Waals surface area contributed by atoms with Crippen LogP contribution in [0.5, 0.6) is 0 Å². The fourth-order valence-electron chi connectivity index (χ4n) is 4.10. The Morgan fingerprint density at radius 2 is 1.88 bits per heavy atom. The van der Waals surface area contributed by atoms with Crippen LogP contribution in [-0.4, -0.2) is 74.0 Å². The van der Waals surface area contributed by atoms with Crippen LogP contribution in [0.15, 0.2) is 67.3 Å². The zero-order valence-electron chi connectivity index (χ0n) is 18.2. The highest BCUT2D eigenvalue weighted by Gasteiger charge is 2.23. The Hall–Kier alpha value is -3.98. The molecule has 1 saturated heterocycles. The summed E-state index contributed by atoms with van der Waals surface area (Å²) in [5.74, 6) is 0.199. The molecule has 0 saturated carbocycles. The number of piperazine rings is 1. The number of para-hydroxylation sites is 1. The van der Waals surface area contributed by atoms with Gasteiger partial charge in [0.2, 0.25) is 0 Å². The molecule has 2 aromatic carbocycles. The predicted octanol–water partition coefficient (Wildman–Crippen LogP) is 2.65. The van der Waals surface area contributed by atoms with Gasteiger partial charge in [0, 0.05) is 68.3 Å². The highest BCUT2D eigenvalue weighted by atomic mass is 16.2. The van der Waals surface area contributed by atoms with Gasteiger partial charge in [-0.1, -0.05) is 18.2 Å². The number of hydrogen-bond acceptors (Lipinski definition) is 5. The molecular weight excluding hydrogens is 416 g/mol. The SMILES string of the molecule is N=C(Nc1ccccc1)c1n[nH]c2ccc(C(=O)N3CCN(CCn4ccnc4)CC3)cc12. The number of H-pyrrole nitrogens is 1. The molecule has 168 valence electrons. The van der Waals surface area contributed by atoms with E-state index in [4.69, 9.17) is 5.41 Å². The molecule has 0 bridgehead atoms. The van der Waals surface area contributed by atoms with Crippen LogP contribution in [0.4, 0.5) is 5.69 Å². The largest absolute Gasteiger partial charge is 0.339 e. The summed E-state index contributed by atoms with van der Waals surface area (Å²) in [4.78, 5) is 21.5. The molecule has 33 heavy (non-hydrogen) atoms. The summed E-state index contributed by atoms with van der Waals surface area (Å²) in [7, 11) is 0. The number of carbonyl (C=O) groups excluding carboxylic acids is 1. The molecule has 3 N–H and O–H groups in total. The topological polar surface area (TPSA) is 106 Å². The van der Waals surface area contributed by atoms with E-state index in [9.17, 15) is 4.79 Å². The van der Waals surface area contributed by atoms with Gasteiger partial charge in [0.1, 0.15) is 5.69 Å². The lowest BCUT2D eigenvalue weighted by atomic mass is 10.1. The van der Waals surface area contributed by atoms with Gasteiger partial charge in [-0.3, -0.25) is 20.2 Å². The highest BCUT2D eigenvalue weighted by molar-refractivity contribution is 6.13. The summed E-state index contributed by atoms with van der Waals surface area (Å²) >= 11 is 0. The van der Waals surface area contributed by atoms with E-state index in [0.717, 1.165) is 42.8 Å². The van der Waals surface area contributed by atoms with Gasteiger partial charge < -0.3 is 14.8 Å². The number of amidine groups is 1. The Morgan fingerprint density at radius 1 is 1.06 bits per heavy atom. The van der Waals surface area contributed by atoms with Crippen molar-refractivity contribution in [1.82, 2.24) is 29.5 Å². The quantitative estimate of drug-likeness (QED) is 0.314. The molecule has 5 rings (SSSR count). The monoisotopic (exact) mass is 442 g/mol. The van der Waals surface area contributed by atoms with Crippen LogP contribution in [0, 0.1) is 5.41 Å². The third-order valence-electron chi connectivity index (χ3n) is 5.98. The Morgan fingerprint density at radius 3 is 2.64 bits per heavy atom. The zero-order chi connectivity index (χ0) is 22.6. The zero-order valence-corrected chi connectivity index (χ0v) is 18.2. The molecule has 0 atom stereocenters.